The summed E-state index contributed by atoms with van der Waals surface area (Å²) in [5.41, 5.74) is 0.315. The summed E-state index contributed by atoms with van der Waals surface area (Å²) in [6.45, 7) is 3.34. The molecule has 1 aromatic heterocycles. The van der Waals surface area contributed by atoms with E-state index >= 15 is 0 Å². The van der Waals surface area contributed by atoms with Crippen LogP contribution in [0, 0.1) is 42.4 Å². The lowest BCUT2D eigenvalue weighted by molar-refractivity contribution is 0.0969. The lowest BCUT2D eigenvalue weighted by Gasteiger charge is -1.96. The molecular formula is C10H8N2O2. The fraction of sp³-hybridized carbons (Fsp3) is 0.300. The van der Waals surface area contributed by atoms with Crippen molar-refractivity contribution in [3.05, 3.63) is 23.2 Å². The molecule has 1 heterocycles. The average Bonchev–Trinajstić information content (AvgIpc) is 2.47. The Morgan fingerprint density at radius 1 is 1.43 bits per heavy atom. The van der Waals surface area contributed by atoms with Crippen LogP contribution in [0.2, 0.25) is 0 Å². The number of furan rings is 1. The molecule has 0 amide bonds. The molecule has 0 saturated carbocycles. The maximum Gasteiger partial charge on any atom is 0.197 e. The van der Waals surface area contributed by atoms with Gasteiger partial charge in [0, 0.05) is 0 Å². The lowest BCUT2D eigenvalue weighted by atomic mass is 10.0. The van der Waals surface area contributed by atoms with E-state index in [9.17, 15) is 4.79 Å². The van der Waals surface area contributed by atoms with E-state index < -0.39 is 11.7 Å². The Labute approximate surface area is 81.4 Å². The Bertz CT molecular complexity index is 432. The number of carbonyl (C=O) groups is 1. The molecule has 0 unspecified atom stereocenters. The number of nitrogens with zero attached hydrogens (tertiary/aromatic N) is 2. The predicted octanol–water partition coefficient (Wildman–Crippen LogP) is 1.74. The van der Waals surface area contributed by atoms with Crippen molar-refractivity contribution in [3.8, 4) is 12.1 Å². The van der Waals surface area contributed by atoms with Gasteiger partial charge in [-0.25, -0.2) is 0 Å². The number of nitriles is 2. The quantitative estimate of drug-likeness (QED) is 0.662. The molecule has 1 aromatic rings. The van der Waals surface area contributed by atoms with E-state index in [0.29, 0.717) is 17.1 Å². The Balaban J connectivity index is 3.08. The number of hydrogen-bond acceptors (Lipinski definition) is 4. The largest absolute Gasteiger partial charge is 0.466 e. The van der Waals surface area contributed by atoms with Crippen LogP contribution in [0.4, 0.5) is 0 Å². The second-order valence-corrected chi connectivity index (χ2v) is 2.88. The normalized spacial score (nSPS) is 9.50. The highest BCUT2D eigenvalue weighted by atomic mass is 16.3. The zero-order valence-electron chi connectivity index (χ0n) is 7.87. The fourth-order valence-electron chi connectivity index (χ4n) is 1.18. The van der Waals surface area contributed by atoms with Crippen molar-refractivity contribution in [2.45, 2.75) is 13.8 Å². The monoisotopic (exact) mass is 188 g/mol. The average molecular weight is 188 g/mol. The summed E-state index contributed by atoms with van der Waals surface area (Å²) in [6.07, 6.45) is 0. The van der Waals surface area contributed by atoms with E-state index in [1.165, 1.54) is 0 Å². The van der Waals surface area contributed by atoms with Crippen molar-refractivity contribution in [3.63, 3.8) is 0 Å². The number of rotatable bonds is 2. The molecule has 0 N–H and O–H groups in total. The van der Waals surface area contributed by atoms with Gasteiger partial charge in [0.25, 0.3) is 0 Å². The SMILES string of the molecule is Cc1cc(C(=O)C(C#N)C#N)c(C)o1. The van der Waals surface area contributed by atoms with Crippen LogP contribution >= 0.6 is 0 Å². The maximum atomic E-state index is 11.5. The van der Waals surface area contributed by atoms with Crippen LogP contribution in [0.5, 0.6) is 0 Å². The van der Waals surface area contributed by atoms with E-state index in [2.05, 4.69) is 0 Å². The first kappa shape index (κ1) is 10.0. The third-order valence-corrected chi connectivity index (χ3v) is 1.83. The molecule has 1 rings (SSSR count). The summed E-state index contributed by atoms with van der Waals surface area (Å²) in [5.74, 6) is -0.696. The van der Waals surface area contributed by atoms with Crippen molar-refractivity contribution in [2.24, 2.45) is 5.92 Å². The van der Waals surface area contributed by atoms with Crippen LogP contribution in [0.15, 0.2) is 10.5 Å². The molecule has 0 aromatic carbocycles. The van der Waals surface area contributed by atoms with Crippen LogP contribution in [0.25, 0.3) is 0 Å². The van der Waals surface area contributed by atoms with Gasteiger partial charge in [-0.1, -0.05) is 0 Å². The third-order valence-electron chi connectivity index (χ3n) is 1.83. The summed E-state index contributed by atoms with van der Waals surface area (Å²) < 4.78 is 5.14. The zero-order valence-corrected chi connectivity index (χ0v) is 7.87. The first-order chi connectivity index (χ1) is 6.60. The van der Waals surface area contributed by atoms with Crippen LogP contribution in [0.1, 0.15) is 21.9 Å². The highest BCUT2D eigenvalue weighted by Crippen LogP contribution is 2.17. The van der Waals surface area contributed by atoms with Gasteiger partial charge in [0.15, 0.2) is 11.7 Å². The Morgan fingerprint density at radius 3 is 2.36 bits per heavy atom. The Morgan fingerprint density at radius 2 is 2.00 bits per heavy atom. The van der Waals surface area contributed by atoms with Crippen LogP contribution < -0.4 is 0 Å². The van der Waals surface area contributed by atoms with E-state index in [0.717, 1.165) is 0 Å². The number of hydrogen-bond donors (Lipinski definition) is 0. The van der Waals surface area contributed by atoms with E-state index in [1.807, 2.05) is 0 Å². The lowest BCUT2D eigenvalue weighted by Crippen LogP contribution is -2.10. The van der Waals surface area contributed by atoms with E-state index in [4.69, 9.17) is 14.9 Å². The number of ketones is 1. The van der Waals surface area contributed by atoms with Crippen molar-refractivity contribution in [1.82, 2.24) is 0 Å². The van der Waals surface area contributed by atoms with Gasteiger partial charge in [0.1, 0.15) is 11.5 Å². The summed E-state index contributed by atoms with van der Waals surface area (Å²) >= 11 is 0. The second kappa shape index (κ2) is 3.76. The smallest absolute Gasteiger partial charge is 0.197 e. The van der Waals surface area contributed by atoms with Crippen molar-refractivity contribution >= 4 is 5.78 Å². The molecule has 0 saturated heterocycles. The molecule has 0 atom stereocenters. The van der Waals surface area contributed by atoms with Crippen LogP contribution in [-0.2, 0) is 0 Å². The van der Waals surface area contributed by atoms with Gasteiger partial charge >= 0.3 is 0 Å². The molecule has 0 aliphatic carbocycles. The third kappa shape index (κ3) is 1.65. The second-order valence-electron chi connectivity index (χ2n) is 2.88. The molecule has 0 bridgehead atoms. The van der Waals surface area contributed by atoms with Gasteiger partial charge in [-0.2, -0.15) is 10.5 Å². The van der Waals surface area contributed by atoms with Gasteiger partial charge in [-0.3, -0.25) is 4.79 Å². The molecule has 70 valence electrons. The Hall–Kier alpha value is -2.07. The fourth-order valence-corrected chi connectivity index (χ4v) is 1.18. The zero-order chi connectivity index (χ0) is 10.7. The molecule has 4 heteroatoms. The minimum Gasteiger partial charge on any atom is -0.466 e. The maximum absolute atomic E-state index is 11.5. The number of carbonyl (C=O) groups excluding carboxylic acids is 1. The van der Waals surface area contributed by atoms with Crippen molar-refractivity contribution in [2.75, 3.05) is 0 Å². The molecule has 0 fully saturated rings. The minimum atomic E-state index is -1.24. The van der Waals surface area contributed by atoms with E-state index in [-0.39, 0.29) is 0 Å². The van der Waals surface area contributed by atoms with Crippen LogP contribution in [0.3, 0.4) is 0 Å². The minimum absolute atomic E-state index is 0.315. The molecule has 14 heavy (non-hydrogen) atoms. The highest BCUT2D eigenvalue weighted by molar-refractivity contribution is 6.01. The number of aryl methyl sites for hydroxylation is 2. The first-order valence-electron chi connectivity index (χ1n) is 4.00. The predicted molar refractivity (Wildman–Crippen MR) is 47.2 cm³/mol. The molecule has 0 radical (unpaired) electrons. The van der Waals surface area contributed by atoms with Gasteiger partial charge in [-0.05, 0) is 19.9 Å². The highest BCUT2D eigenvalue weighted by Gasteiger charge is 2.22. The van der Waals surface area contributed by atoms with Gasteiger partial charge in [-0.15, -0.1) is 0 Å². The summed E-state index contributed by atoms with van der Waals surface area (Å²) in [4.78, 5) is 11.5. The standard InChI is InChI=1S/C10H8N2O2/c1-6-3-9(7(2)14-6)10(13)8(4-11)5-12/h3,8H,1-2H3. The molecule has 4 nitrogen and oxygen atoms in total. The molecule has 0 aliphatic heterocycles. The molecule has 0 aliphatic rings. The number of Topliss-reactive ketones (excluding diaryl/α,β-unsaturated/α-hetero) is 1. The topological polar surface area (TPSA) is 77.8 Å². The summed E-state index contributed by atoms with van der Waals surface area (Å²) in [5, 5.41) is 17.1. The van der Waals surface area contributed by atoms with Crippen molar-refractivity contribution in [1.29, 1.82) is 10.5 Å². The summed E-state index contributed by atoms with van der Waals surface area (Å²) in [6, 6.07) is 4.81. The first-order valence-corrected chi connectivity index (χ1v) is 4.00. The Kier molecular flexibility index (Phi) is 2.69. The van der Waals surface area contributed by atoms with Gasteiger partial charge in [0.05, 0.1) is 17.7 Å². The summed E-state index contributed by atoms with van der Waals surface area (Å²) in [7, 11) is 0. The van der Waals surface area contributed by atoms with Gasteiger partial charge < -0.3 is 4.42 Å². The molecule has 0 spiro atoms. The van der Waals surface area contributed by atoms with Crippen LogP contribution in [-0.4, -0.2) is 5.78 Å². The van der Waals surface area contributed by atoms with Gasteiger partial charge in [0.2, 0.25) is 0 Å². The van der Waals surface area contributed by atoms with Crippen molar-refractivity contribution < 1.29 is 9.21 Å². The van der Waals surface area contributed by atoms with E-state index in [1.54, 1.807) is 32.1 Å². The molecular weight excluding hydrogens is 180 g/mol.